The third-order valence-corrected chi connectivity index (χ3v) is 5.89. The number of aromatic hydroxyl groups is 1. The molecule has 1 spiro atoms. The number of rotatable bonds is 1. The molecule has 0 radical (unpaired) electrons. The summed E-state index contributed by atoms with van der Waals surface area (Å²) >= 11 is 6.31. The second-order valence-corrected chi connectivity index (χ2v) is 6.77. The van der Waals surface area contributed by atoms with Crippen LogP contribution in [0.2, 0.25) is 5.02 Å². The van der Waals surface area contributed by atoms with Crippen molar-refractivity contribution in [1.29, 1.82) is 0 Å². The molecule has 1 aromatic rings. The predicted molar refractivity (Wildman–Crippen MR) is 78.8 cm³/mol. The molecule has 1 N–H and O–H groups in total. The van der Waals surface area contributed by atoms with Crippen LogP contribution in [0.5, 0.6) is 5.75 Å². The Morgan fingerprint density at radius 3 is 3.00 bits per heavy atom. The number of phenolic OH excluding ortho intramolecular Hbond substituents is 1. The Morgan fingerprint density at radius 2 is 2.25 bits per heavy atom. The van der Waals surface area contributed by atoms with Gasteiger partial charge in [-0.3, -0.25) is 4.79 Å². The largest absolute Gasteiger partial charge is 0.506 e. The predicted octanol–water partition coefficient (Wildman–Crippen LogP) is 4.13. The Morgan fingerprint density at radius 1 is 1.45 bits per heavy atom. The highest BCUT2D eigenvalue weighted by atomic mass is 35.5. The Balaban J connectivity index is 2.03. The zero-order chi connectivity index (χ0) is 14.1. The third kappa shape index (κ3) is 1.33. The van der Waals surface area contributed by atoms with Gasteiger partial charge in [0.25, 0.3) is 0 Å². The number of ketones is 1. The van der Waals surface area contributed by atoms with Crippen molar-refractivity contribution in [2.75, 3.05) is 0 Å². The minimum absolute atomic E-state index is 0.115. The second-order valence-electron chi connectivity index (χ2n) is 6.39. The summed E-state index contributed by atoms with van der Waals surface area (Å²) in [6.07, 6.45) is 4.73. The Kier molecular flexibility index (Phi) is 2.42. The first kappa shape index (κ1) is 12.5. The van der Waals surface area contributed by atoms with Gasteiger partial charge < -0.3 is 5.11 Å². The summed E-state index contributed by atoms with van der Waals surface area (Å²) in [6, 6.07) is 3.61. The molecule has 1 aromatic carbocycles. The van der Waals surface area contributed by atoms with E-state index in [0.29, 0.717) is 10.8 Å². The van der Waals surface area contributed by atoms with Crippen LogP contribution in [-0.2, 0) is 11.2 Å². The smallest absolute Gasteiger partial charge is 0.162 e. The molecule has 104 valence electrons. The van der Waals surface area contributed by atoms with Gasteiger partial charge in [-0.2, -0.15) is 0 Å². The van der Waals surface area contributed by atoms with Crippen molar-refractivity contribution < 1.29 is 9.90 Å². The van der Waals surface area contributed by atoms with Crippen molar-refractivity contribution in [3.05, 3.63) is 33.9 Å². The first-order valence-electron chi connectivity index (χ1n) is 7.36. The van der Waals surface area contributed by atoms with Gasteiger partial charge in [0.05, 0.1) is 5.02 Å². The minimum atomic E-state index is 0.115. The Labute approximate surface area is 123 Å². The molecule has 3 aliphatic carbocycles. The number of benzene rings is 1. The van der Waals surface area contributed by atoms with Crippen LogP contribution in [0.1, 0.15) is 43.7 Å². The van der Waals surface area contributed by atoms with Crippen molar-refractivity contribution in [3.63, 3.8) is 0 Å². The van der Waals surface area contributed by atoms with E-state index in [4.69, 9.17) is 11.6 Å². The fourth-order valence-corrected chi connectivity index (χ4v) is 4.90. The summed E-state index contributed by atoms with van der Waals surface area (Å²) in [5.41, 5.74) is 4.53. The zero-order valence-electron chi connectivity index (χ0n) is 11.5. The molecule has 2 bridgehead atoms. The van der Waals surface area contributed by atoms with Gasteiger partial charge in [-0.1, -0.05) is 24.6 Å². The number of fused-ring (bicyclic) bond motifs is 3. The SMILES string of the molecule is CCC1=C2c3ccc(O)c(Cl)c3C[C@]23CC[C@@H](C3)C1=O. The first-order valence-corrected chi connectivity index (χ1v) is 7.74. The first-order chi connectivity index (χ1) is 9.57. The van der Waals surface area contributed by atoms with Crippen molar-refractivity contribution in [2.24, 2.45) is 11.3 Å². The number of hydrogen-bond donors (Lipinski definition) is 1. The van der Waals surface area contributed by atoms with Gasteiger partial charge in [-0.15, -0.1) is 0 Å². The lowest BCUT2D eigenvalue weighted by Crippen LogP contribution is -2.27. The maximum Gasteiger partial charge on any atom is 0.162 e. The van der Waals surface area contributed by atoms with Crippen LogP contribution >= 0.6 is 11.6 Å². The van der Waals surface area contributed by atoms with Gasteiger partial charge in [-0.05, 0) is 60.4 Å². The average Bonchev–Trinajstić information content (AvgIpc) is 2.97. The van der Waals surface area contributed by atoms with E-state index in [-0.39, 0.29) is 17.1 Å². The molecule has 1 fully saturated rings. The molecule has 2 nitrogen and oxygen atoms in total. The number of carbonyl (C=O) groups excluding carboxylic acids is 1. The van der Waals surface area contributed by atoms with E-state index < -0.39 is 0 Å². The molecule has 0 aromatic heterocycles. The van der Waals surface area contributed by atoms with Gasteiger partial charge in [0.1, 0.15) is 5.75 Å². The van der Waals surface area contributed by atoms with Crippen LogP contribution in [0.3, 0.4) is 0 Å². The number of phenols is 1. The second kappa shape index (κ2) is 3.88. The third-order valence-electron chi connectivity index (χ3n) is 5.47. The van der Waals surface area contributed by atoms with E-state index in [1.807, 2.05) is 6.07 Å². The average molecular weight is 289 g/mol. The lowest BCUT2D eigenvalue weighted by molar-refractivity contribution is -0.119. The summed E-state index contributed by atoms with van der Waals surface area (Å²) in [5, 5.41) is 10.3. The quantitative estimate of drug-likeness (QED) is 0.843. The lowest BCUT2D eigenvalue weighted by Gasteiger charge is -2.32. The molecule has 1 saturated carbocycles. The van der Waals surface area contributed by atoms with Crippen LogP contribution < -0.4 is 0 Å². The molecule has 0 aliphatic heterocycles. The van der Waals surface area contributed by atoms with Gasteiger partial charge in [0.15, 0.2) is 5.78 Å². The van der Waals surface area contributed by atoms with E-state index in [1.54, 1.807) is 6.07 Å². The lowest BCUT2D eigenvalue weighted by atomic mass is 9.70. The van der Waals surface area contributed by atoms with Gasteiger partial charge >= 0.3 is 0 Å². The van der Waals surface area contributed by atoms with Crippen LogP contribution in [0, 0.1) is 11.3 Å². The zero-order valence-corrected chi connectivity index (χ0v) is 12.3. The maximum atomic E-state index is 12.6. The fourth-order valence-electron chi connectivity index (χ4n) is 4.67. The maximum absolute atomic E-state index is 12.6. The Bertz CT molecular complexity index is 674. The summed E-state index contributed by atoms with van der Waals surface area (Å²) in [4.78, 5) is 12.6. The van der Waals surface area contributed by atoms with Gasteiger partial charge in [-0.25, -0.2) is 0 Å². The topological polar surface area (TPSA) is 37.3 Å². The van der Waals surface area contributed by atoms with Gasteiger partial charge in [0, 0.05) is 11.3 Å². The molecule has 0 heterocycles. The standard InChI is InChI=1S/C17H17ClO2/c1-2-10-14-11-3-4-13(19)15(18)12(11)8-17(14)6-5-9(7-17)16(10)20/h3-4,9,19H,2,5-8H2,1H3/t9-,17+/m0/s1. The number of hydrogen-bond acceptors (Lipinski definition) is 2. The number of Topliss-reactive ketones (excluding diaryl/α,β-unsaturated/α-hetero) is 1. The highest BCUT2D eigenvalue weighted by molar-refractivity contribution is 6.33. The summed E-state index contributed by atoms with van der Waals surface area (Å²) < 4.78 is 0. The molecule has 0 unspecified atom stereocenters. The van der Waals surface area contributed by atoms with E-state index in [2.05, 4.69) is 6.92 Å². The van der Waals surface area contributed by atoms with Crippen molar-refractivity contribution >= 4 is 23.0 Å². The molecule has 3 aliphatic rings. The van der Waals surface area contributed by atoms with Crippen LogP contribution in [-0.4, -0.2) is 10.9 Å². The summed E-state index contributed by atoms with van der Waals surface area (Å²) in [7, 11) is 0. The van der Waals surface area contributed by atoms with E-state index in [1.165, 1.54) is 5.57 Å². The molecule has 2 atom stereocenters. The van der Waals surface area contributed by atoms with E-state index in [9.17, 15) is 9.90 Å². The van der Waals surface area contributed by atoms with Gasteiger partial charge in [0.2, 0.25) is 0 Å². The summed E-state index contributed by atoms with van der Waals surface area (Å²) in [6.45, 7) is 2.07. The minimum Gasteiger partial charge on any atom is -0.506 e. The molecular weight excluding hydrogens is 272 g/mol. The molecule has 0 saturated heterocycles. The number of carbonyl (C=O) groups is 1. The number of halogens is 1. The summed E-state index contributed by atoms with van der Waals surface area (Å²) in [5.74, 6) is 0.725. The van der Waals surface area contributed by atoms with Crippen molar-refractivity contribution in [3.8, 4) is 5.75 Å². The number of allylic oxidation sites excluding steroid dienone is 2. The monoisotopic (exact) mass is 288 g/mol. The normalized spacial score (nSPS) is 30.7. The van der Waals surface area contributed by atoms with Crippen LogP contribution in [0.15, 0.2) is 17.7 Å². The van der Waals surface area contributed by atoms with Crippen molar-refractivity contribution in [1.82, 2.24) is 0 Å². The molecule has 0 amide bonds. The molecule has 3 heteroatoms. The van der Waals surface area contributed by atoms with Crippen molar-refractivity contribution in [2.45, 2.75) is 39.0 Å². The van der Waals surface area contributed by atoms with E-state index >= 15 is 0 Å². The highest BCUT2D eigenvalue weighted by Gasteiger charge is 2.54. The molecular formula is C17H17ClO2. The molecule has 4 rings (SSSR count). The highest BCUT2D eigenvalue weighted by Crippen LogP contribution is 2.63. The van der Waals surface area contributed by atoms with Crippen LogP contribution in [0.4, 0.5) is 0 Å². The fraction of sp³-hybridized carbons (Fsp3) is 0.471. The van der Waals surface area contributed by atoms with Crippen LogP contribution in [0.25, 0.3) is 5.57 Å². The Hall–Kier alpha value is -1.28. The molecule has 20 heavy (non-hydrogen) atoms. The van der Waals surface area contributed by atoms with E-state index in [0.717, 1.165) is 48.8 Å².